The van der Waals surface area contributed by atoms with Crippen LogP contribution in [0.2, 0.25) is 5.02 Å². The molecule has 1 amide bonds. The van der Waals surface area contributed by atoms with Gasteiger partial charge in [0.15, 0.2) is 0 Å². The number of carbonyl (C=O) groups excluding carboxylic acids is 1. The zero-order valence-electron chi connectivity index (χ0n) is 11.5. The smallest absolute Gasteiger partial charge is 0.270 e. The first kappa shape index (κ1) is 14.5. The molecule has 1 N–H and O–H groups in total. The molecule has 3 rings (SSSR count). The Bertz CT molecular complexity index is 851. The SMILES string of the molecule is O=C(NCc1ccc(F)cc1Cl)c1ccc2ccccc2n1. The van der Waals surface area contributed by atoms with Gasteiger partial charge in [-0.3, -0.25) is 4.79 Å². The van der Waals surface area contributed by atoms with Crippen molar-refractivity contribution in [2.24, 2.45) is 0 Å². The van der Waals surface area contributed by atoms with Crippen LogP contribution in [0.1, 0.15) is 16.1 Å². The van der Waals surface area contributed by atoms with E-state index in [2.05, 4.69) is 10.3 Å². The third-order valence-electron chi connectivity index (χ3n) is 3.29. The summed E-state index contributed by atoms with van der Waals surface area (Å²) < 4.78 is 13.0. The summed E-state index contributed by atoms with van der Waals surface area (Å²) in [7, 11) is 0. The van der Waals surface area contributed by atoms with Crippen LogP contribution in [0.15, 0.2) is 54.6 Å². The van der Waals surface area contributed by atoms with E-state index in [9.17, 15) is 9.18 Å². The molecule has 0 fully saturated rings. The molecule has 1 aromatic heterocycles. The third-order valence-corrected chi connectivity index (χ3v) is 3.64. The van der Waals surface area contributed by atoms with Gasteiger partial charge in [0, 0.05) is 17.0 Å². The van der Waals surface area contributed by atoms with Gasteiger partial charge in [0.2, 0.25) is 0 Å². The molecule has 0 bridgehead atoms. The van der Waals surface area contributed by atoms with Crippen LogP contribution in [-0.4, -0.2) is 10.9 Å². The Balaban J connectivity index is 1.75. The van der Waals surface area contributed by atoms with Gasteiger partial charge >= 0.3 is 0 Å². The molecular weight excluding hydrogens is 303 g/mol. The number of pyridine rings is 1. The van der Waals surface area contributed by atoms with E-state index in [0.29, 0.717) is 11.3 Å². The van der Waals surface area contributed by atoms with E-state index in [1.54, 1.807) is 12.1 Å². The molecule has 0 saturated carbocycles. The summed E-state index contributed by atoms with van der Waals surface area (Å²) in [4.78, 5) is 16.5. The van der Waals surface area contributed by atoms with Crippen LogP contribution in [0.3, 0.4) is 0 Å². The first-order chi connectivity index (χ1) is 10.6. The lowest BCUT2D eigenvalue weighted by Gasteiger charge is -2.07. The Morgan fingerprint density at radius 1 is 1.14 bits per heavy atom. The molecule has 0 spiro atoms. The van der Waals surface area contributed by atoms with E-state index in [0.717, 1.165) is 10.9 Å². The monoisotopic (exact) mass is 314 g/mol. The average Bonchev–Trinajstić information content (AvgIpc) is 2.53. The molecule has 110 valence electrons. The van der Waals surface area contributed by atoms with Crippen molar-refractivity contribution < 1.29 is 9.18 Å². The number of aromatic nitrogens is 1. The largest absolute Gasteiger partial charge is 0.347 e. The molecule has 0 aliphatic heterocycles. The Labute approximate surface area is 131 Å². The number of para-hydroxylation sites is 1. The Morgan fingerprint density at radius 3 is 2.77 bits per heavy atom. The van der Waals surface area contributed by atoms with Crippen molar-refractivity contribution in [1.82, 2.24) is 10.3 Å². The van der Waals surface area contributed by atoms with Gasteiger partial charge in [0.1, 0.15) is 11.5 Å². The molecule has 22 heavy (non-hydrogen) atoms. The Hall–Kier alpha value is -2.46. The maximum Gasteiger partial charge on any atom is 0.270 e. The number of carbonyl (C=O) groups is 1. The van der Waals surface area contributed by atoms with Gasteiger partial charge < -0.3 is 5.32 Å². The molecule has 0 radical (unpaired) electrons. The van der Waals surface area contributed by atoms with Gasteiger partial charge in [-0.05, 0) is 29.8 Å². The second-order valence-corrected chi connectivity index (χ2v) is 5.21. The highest BCUT2D eigenvalue weighted by Crippen LogP contribution is 2.17. The summed E-state index contributed by atoms with van der Waals surface area (Å²) in [5.74, 6) is -0.706. The van der Waals surface area contributed by atoms with E-state index in [1.807, 2.05) is 30.3 Å². The highest BCUT2D eigenvalue weighted by molar-refractivity contribution is 6.31. The standard InChI is InChI=1S/C17H12ClFN2O/c18-14-9-13(19)7-5-12(14)10-20-17(22)16-8-6-11-3-1-2-4-15(11)21-16/h1-9H,10H2,(H,20,22). The first-order valence-electron chi connectivity index (χ1n) is 6.71. The molecule has 0 saturated heterocycles. The van der Waals surface area contributed by atoms with Crippen LogP contribution in [-0.2, 0) is 6.54 Å². The zero-order valence-corrected chi connectivity index (χ0v) is 12.3. The van der Waals surface area contributed by atoms with Crippen molar-refractivity contribution in [3.8, 4) is 0 Å². The van der Waals surface area contributed by atoms with E-state index in [4.69, 9.17) is 11.6 Å². The fourth-order valence-corrected chi connectivity index (χ4v) is 2.36. The molecule has 0 atom stereocenters. The molecule has 1 heterocycles. The van der Waals surface area contributed by atoms with Crippen LogP contribution >= 0.6 is 11.6 Å². The Morgan fingerprint density at radius 2 is 1.95 bits per heavy atom. The minimum Gasteiger partial charge on any atom is -0.347 e. The van der Waals surface area contributed by atoms with E-state index in [-0.39, 0.29) is 17.5 Å². The number of hydrogen-bond donors (Lipinski definition) is 1. The normalized spacial score (nSPS) is 10.6. The molecular formula is C17H12ClFN2O. The van der Waals surface area contributed by atoms with Crippen LogP contribution in [0, 0.1) is 5.82 Å². The fourth-order valence-electron chi connectivity index (χ4n) is 2.12. The number of nitrogens with one attached hydrogen (secondary N) is 1. The lowest BCUT2D eigenvalue weighted by Crippen LogP contribution is -2.23. The summed E-state index contributed by atoms with van der Waals surface area (Å²) in [5, 5.41) is 3.99. The minimum atomic E-state index is -0.406. The summed E-state index contributed by atoms with van der Waals surface area (Å²) >= 11 is 5.93. The zero-order chi connectivity index (χ0) is 15.5. The molecule has 3 nitrogen and oxygen atoms in total. The van der Waals surface area contributed by atoms with Crippen molar-refractivity contribution in [3.63, 3.8) is 0 Å². The lowest BCUT2D eigenvalue weighted by molar-refractivity contribution is 0.0946. The van der Waals surface area contributed by atoms with Crippen LogP contribution in [0.4, 0.5) is 4.39 Å². The van der Waals surface area contributed by atoms with Crippen molar-refractivity contribution in [2.45, 2.75) is 6.54 Å². The van der Waals surface area contributed by atoms with Crippen LogP contribution in [0.25, 0.3) is 10.9 Å². The Kier molecular flexibility index (Phi) is 4.02. The molecule has 0 aliphatic carbocycles. The summed E-state index contributed by atoms with van der Waals surface area (Å²) in [6, 6.07) is 15.2. The number of amides is 1. The maximum atomic E-state index is 13.0. The minimum absolute atomic E-state index is 0.215. The number of hydrogen-bond acceptors (Lipinski definition) is 2. The number of halogens is 2. The van der Waals surface area contributed by atoms with Crippen LogP contribution < -0.4 is 5.32 Å². The summed E-state index contributed by atoms with van der Waals surface area (Å²) in [6.45, 7) is 0.215. The highest BCUT2D eigenvalue weighted by atomic mass is 35.5. The van der Waals surface area contributed by atoms with Gasteiger partial charge in [-0.25, -0.2) is 9.37 Å². The fraction of sp³-hybridized carbons (Fsp3) is 0.0588. The van der Waals surface area contributed by atoms with E-state index < -0.39 is 5.82 Å². The molecule has 2 aromatic carbocycles. The first-order valence-corrected chi connectivity index (χ1v) is 7.09. The van der Waals surface area contributed by atoms with Crippen molar-refractivity contribution in [3.05, 3.63) is 76.7 Å². The van der Waals surface area contributed by atoms with E-state index >= 15 is 0 Å². The lowest BCUT2D eigenvalue weighted by atomic mass is 10.2. The highest BCUT2D eigenvalue weighted by Gasteiger charge is 2.09. The van der Waals surface area contributed by atoms with E-state index in [1.165, 1.54) is 12.1 Å². The molecule has 3 aromatic rings. The number of benzene rings is 2. The summed E-state index contributed by atoms with van der Waals surface area (Å²) in [6.07, 6.45) is 0. The van der Waals surface area contributed by atoms with Gasteiger partial charge in [-0.15, -0.1) is 0 Å². The number of rotatable bonds is 3. The number of fused-ring (bicyclic) bond motifs is 1. The maximum absolute atomic E-state index is 13.0. The van der Waals surface area contributed by atoms with Crippen molar-refractivity contribution in [2.75, 3.05) is 0 Å². The summed E-state index contributed by atoms with van der Waals surface area (Å²) in [5.41, 5.74) is 1.74. The van der Waals surface area contributed by atoms with Crippen molar-refractivity contribution >= 4 is 28.4 Å². The third kappa shape index (κ3) is 3.07. The van der Waals surface area contributed by atoms with Gasteiger partial charge in [0.05, 0.1) is 5.52 Å². The second-order valence-electron chi connectivity index (χ2n) is 4.81. The van der Waals surface area contributed by atoms with Gasteiger partial charge in [-0.1, -0.05) is 41.9 Å². The van der Waals surface area contributed by atoms with Crippen molar-refractivity contribution in [1.29, 1.82) is 0 Å². The predicted octanol–water partition coefficient (Wildman–Crippen LogP) is 3.96. The average molecular weight is 315 g/mol. The molecule has 0 aliphatic rings. The second kappa shape index (κ2) is 6.12. The predicted molar refractivity (Wildman–Crippen MR) is 84.3 cm³/mol. The topological polar surface area (TPSA) is 42.0 Å². The quantitative estimate of drug-likeness (QED) is 0.795. The number of nitrogens with zero attached hydrogens (tertiary/aromatic N) is 1. The van der Waals surface area contributed by atoms with Crippen LogP contribution in [0.5, 0.6) is 0 Å². The van der Waals surface area contributed by atoms with Gasteiger partial charge in [0.25, 0.3) is 5.91 Å². The molecule has 0 unspecified atom stereocenters. The van der Waals surface area contributed by atoms with Gasteiger partial charge in [-0.2, -0.15) is 0 Å². The molecule has 5 heteroatoms.